The van der Waals surface area contributed by atoms with Crippen molar-refractivity contribution in [1.29, 1.82) is 0 Å². The first kappa shape index (κ1) is 14.3. The third kappa shape index (κ3) is 3.27. The number of nitrogens with one attached hydrogen (secondary N) is 1. The van der Waals surface area contributed by atoms with Crippen molar-refractivity contribution in [3.05, 3.63) is 0 Å². The lowest BCUT2D eigenvalue weighted by Gasteiger charge is -2.40. The Bertz CT molecular complexity index is 239. The van der Waals surface area contributed by atoms with E-state index in [-0.39, 0.29) is 0 Å². The van der Waals surface area contributed by atoms with Crippen LogP contribution in [-0.4, -0.2) is 36.6 Å². The molecule has 1 heterocycles. The smallest absolute Gasteiger partial charge is 0.0252 e. The Labute approximate surface area is 114 Å². The van der Waals surface area contributed by atoms with E-state index in [1.165, 1.54) is 57.9 Å². The highest BCUT2D eigenvalue weighted by atomic mass is 15.2. The van der Waals surface area contributed by atoms with Crippen molar-refractivity contribution in [2.45, 2.75) is 83.3 Å². The third-order valence-electron chi connectivity index (χ3n) is 5.14. The molecule has 0 aromatic carbocycles. The summed E-state index contributed by atoms with van der Waals surface area (Å²) in [5.41, 5.74) is 0. The Balaban J connectivity index is 2.05. The third-order valence-corrected chi connectivity index (χ3v) is 5.14. The van der Waals surface area contributed by atoms with Crippen LogP contribution in [0.3, 0.4) is 0 Å². The molecule has 1 aliphatic heterocycles. The fourth-order valence-corrected chi connectivity index (χ4v) is 4.14. The van der Waals surface area contributed by atoms with E-state index in [2.05, 4.69) is 31.1 Å². The van der Waals surface area contributed by atoms with Crippen molar-refractivity contribution >= 4 is 0 Å². The average molecular weight is 252 g/mol. The molecule has 106 valence electrons. The van der Waals surface area contributed by atoms with Gasteiger partial charge in [-0.1, -0.05) is 39.5 Å². The maximum Gasteiger partial charge on any atom is 0.0252 e. The number of rotatable bonds is 3. The van der Waals surface area contributed by atoms with Crippen LogP contribution >= 0.6 is 0 Å². The lowest BCUT2D eigenvalue weighted by molar-refractivity contribution is 0.101. The molecule has 3 atom stereocenters. The summed E-state index contributed by atoms with van der Waals surface area (Å²) >= 11 is 0. The van der Waals surface area contributed by atoms with Crippen LogP contribution < -0.4 is 5.32 Å². The van der Waals surface area contributed by atoms with Crippen molar-refractivity contribution in [1.82, 2.24) is 10.2 Å². The minimum absolute atomic E-state index is 0.727. The van der Waals surface area contributed by atoms with Gasteiger partial charge in [0.1, 0.15) is 0 Å². The summed E-state index contributed by atoms with van der Waals surface area (Å²) in [5, 5.41) is 3.62. The fraction of sp³-hybridized carbons (Fsp3) is 1.00. The number of hydrogen-bond donors (Lipinski definition) is 1. The van der Waals surface area contributed by atoms with Crippen LogP contribution in [0.1, 0.15) is 65.2 Å². The van der Waals surface area contributed by atoms with Crippen LogP contribution in [-0.2, 0) is 0 Å². The number of hydrogen-bond acceptors (Lipinski definition) is 2. The van der Waals surface area contributed by atoms with Crippen molar-refractivity contribution in [2.75, 3.05) is 13.6 Å². The largest absolute Gasteiger partial charge is 0.315 e. The molecule has 0 radical (unpaired) electrons. The van der Waals surface area contributed by atoms with Gasteiger partial charge in [-0.3, -0.25) is 4.90 Å². The lowest BCUT2D eigenvalue weighted by atomic mass is 9.89. The second-order valence-electron chi connectivity index (χ2n) is 6.65. The summed E-state index contributed by atoms with van der Waals surface area (Å²) in [6, 6.07) is 2.36. The molecule has 1 aliphatic carbocycles. The van der Waals surface area contributed by atoms with E-state index in [4.69, 9.17) is 0 Å². The predicted molar refractivity (Wildman–Crippen MR) is 78.9 cm³/mol. The Morgan fingerprint density at radius 3 is 2.33 bits per heavy atom. The molecule has 1 saturated carbocycles. The molecule has 0 bridgehead atoms. The van der Waals surface area contributed by atoms with Gasteiger partial charge in [-0.05, 0) is 45.2 Å². The zero-order chi connectivity index (χ0) is 13.0. The zero-order valence-corrected chi connectivity index (χ0v) is 12.6. The van der Waals surface area contributed by atoms with Gasteiger partial charge in [0.2, 0.25) is 0 Å². The number of nitrogens with zero attached hydrogens (tertiary/aromatic N) is 1. The van der Waals surface area contributed by atoms with Gasteiger partial charge < -0.3 is 5.32 Å². The van der Waals surface area contributed by atoms with Gasteiger partial charge in [0.15, 0.2) is 0 Å². The molecule has 2 aliphatic rings. The van der Waals surface area contributed by atoms with Crippen molar-refractivity contribution in [2.24, 2.45) is 5.92 Å². The highest BCUT2D eigenvalue weighted by molar-refractivity contribution is 4.92. The fourth-order valence-electron chi connectivity index (χ4n) is 4.14. The van der Waals surface area contributed by atoms with Crippen LogP contribution in [0.5, 0.6) is 0 Å². The van der Waals surface area contributed by atoms with Crippen LogP contribution in [0.15, 0.2) is 0 Å². The molecule has 0 aromatic heterocycles. The highest BCUT2D eigenvalue weighted by Gasteiger charge is 2.35. The zero-order valence-electron chi connectivity index (χ0n) is 12.6. The Hall–Kier alpha value is -0.0800. The molecular weight excluding hydrogens is 220 g/mol. The van der Waals surface area contributed by atoms with E-state index in [0.717, 1.165) is 24.0 Å². The molecule has 2 rings (SSSR count). The Morgan fingerprint density at radius 1 is 0.944 bits per heavy atom. The molecule has 2 heteroatoms. The van der Waals surface area contributed by atoms with E-state index < -0.39 is 0 Å². The topological polar surface area (TPSA) is 15.3 Å². The summed E-state index contributed by atoms with van der Waals surface area (Å²) in [7, 11) is 2.17. The number of likely N-dealkylation sites (N-methyl/N-ethyl adjacent to an activating group) is 1. The normalized spacial score (nSPS) is 35.7. The maximum absolute atomic E-state index is 3.62. The molecule has 3 unspecified atom stereocenters. The van der Waals surface area contributed by atoms with Crippen molar-refractivity contribution in [3.8, 4) is 0 Å². The van der Waals surface area contributed by atoms with Crippen LogP contribution in [0, 0.1) is 5.92 Å². The molecular formula is C16H32N2. The van der Waals surface area contributed by atoms with Crippen molar-refractivity contribution in [3.63, 3.8) is 0 Å². The van der Waals surface area contributed by atoms with E-state index in [0.29, 0.717) is 0 Å². The summed E-state index contributed by atoms with van der Waals surface area (Å²) in [4.78, 5) is 2.86. The van der Waals surface area contributed by atoms with Crippen LogP contribution in [0.4, 0.5) is 0 Å². The van der Waals surface area contributed by atoms with E-state index in [1.54, 1.807) is 0 Å². The van der Waals surface area contributed by atoms with Gasteiger partial charge >= 0.3 is 0 Å². The minimum atomic E-state index is 0.727. The average Bonchev–Trinajstić information content (AvgIpc) is 2.78. The Kier molecular flexibility index (Phi) is 5.50. The summed E-state index contributed by atoms with van der Waals surface area (Å²) < 4.78 is 0. The molecule has 1 saturated heterocycles. The number of likely N-dealkylation sites (tertiary alicyclic amines) is 1. The molecule has 18 heavy (non-hydrogen) atoms. The van der Waals surface area contributed by atoms with Gasteiger partial charge in [0, 0.05) is 18.1 Å². The van der Waals surface area contributed by atoms with Gasteiger partial charge in [-0.25, -0.2) is 0 Å². The summed E-state index contributed by atoms with van der Waals surface area (Å²) in [6.07, 6.45) is 11.4. The van der Waals surface area contributed by atoms with Gasteiger partial charge in [0.05, 0.1) is 0 Å². The monoisotopic (exact) mass is 252 g/mol. The van der Waals surface area contributed by atoms with E-state index in [9.17, 15) is 0 Å². The van der Waals surface area contributed by atoms with E-state index in [1.807, 2.05) is 0 Å². The second-order valence-corrected chi connectivity index (χ2v) is 6.65. The van der Waals surface area contributed by atoms with E-state index >= 15 is 0 Å². The SMILES string of the molecule is CNC1CCCCCCC1N1CCCC1C(C)C. The van der Waals surface area contributed by atoms with Crippen LogP contribution in [0.25, 0.3) is 0 Å². The standard InChI is InChI=1S/C16H32N2/c1-13(2)15-11-8-12-18(15)16-10-7-5-4-6-9-14(16)17-3/h13-17H,4-12H2,1-3H3. The maximum atomic E-state index is 3.62. The summed E-state index contributed by atoms with van der Waals surface area (Å²) in [6.45, 7) is 6.15. The molecule has 0 aromatic rings. The molecule has 2 fully saturated rings. The quantitative estimate of drug-likeness (QED) is 0.828. The second kappa shape index (κ2) is 6.91. The molecule has 0 spiro atoms. The first-order valence-corrected chi connectivity index (χ1v) is 8.17. The van der Waals surface area contributed by atoms with Crippen molar-refractivity contribution < 1.29 is 0 Å². The van der Waals surface area contributed by atoms with Gasteiger partial charge in [-0.15, -0.1) is 0 Å². The van der Waals surface area contributed by atoms with Gasteiger partial charge in [0.25, 0.3) is 0 Å². The predicted octanol–water partition coefficient (Wildman–Crippen LogP) is 3.42. The van der Waals surface area contributed by atoms with Crippen LogP contribution in [0.2, 0.25) is 0 Å². The minimum Gasteiger partial charge on any atom is -0.315 e. The Morgan fingerprint density at radius 2 is 1.67 bits per heavy atom. The summed E-state index contributed by atoms with van der Waals surface area (Å²) in [5.74, 6) is 0.815. The lowest BCUT2D eigenvalue weighted by Crippen LogP contribution is -2.52. The molecule has 1 N–H and O–H groups in total. The first-order valence-electron chi connectivity index (χ1n) is 8.17. The highest BCUT2D eigenvalue weighted by Crippen LogP contribution is 2.31. The first-order chi connectivity index (χ1) is 8.74. The van der Waals surface area contributed by atoms with Gasteiger partial charge in [-0.2, -0.15) is 0 Å². The molecule has 2 nitrogen and oxygen atoms in total. The molecule has 0 amide bonds.